The van der Waals surface area contributed by atoms with E-state index in [1.165, 1.54) is 11.8 Å². The zero-order valence-electron chi connectivity index (χ0n) is 23.7. The summed E-state index contributed by atoms with van der Waals surface area (Å²) in [4.78, 5) is 15.8. The van der Waals surface area contributed by atoms with Crippen molar-refractivity contribution in [3.63, 3.8) is 0 Å². The lowest BCUT2D eigenvalue weighted by Gasteiger charge is -2.34. The number of hydrogen-bond acceptors (Lipinski definition) is 6. The first-order valence-electron chi connectivity index (χ1n) is 14.2. The van der Waals surface area contributed by atoms with Crippen molar-refractivity contribution in [3.8, 4) is 16.9 Å². The van der Waals surface area contributed by atoms with Crippen LogP contribution in [0, 0.1) is 11.8 Å². The zero-order chi connectivity index (χ0) is 29.1. The van der Waals surface area contributed by atoms with E-state index in [1.54, 1.807) is 32.1 Å². The molecule has 0 saturated carbocycles. The van der Waals surface area contributed by atoms with Gasteiger partial charge < -0.3 is 0 Å². The lowest BCUT2D eigenvalue weighted by atomic mass is 9.94. The quantitative estimate of drug-likeness (QED) is 0.155. The number of thioether (sulfide) groups is 1. The number of sulfonamides is 1. The second kappa shape index (κ2) is 12.6. The predicted molar refractivity (Wildman–Crippen MR) is 170 cm³/mol. The molecule has 0 aliphatic carbocycles. The highest BCUT2D eigenvalue weighted by molar-refractivity contribution is 8.26. The smallest absolute Gasteiger partial charge is 0.266 e. The van der Waals surface area contributed by atoms with Crippen molar-refractivity contribution in [2.24, 2.45) is 11.8 Å². The Kier molecular flexibility index (Phi) is 9.13. The summed E-state index contributed by atoms with van der Waals surface area (Å²) in [5.41, 5.74) is 2.85. The molecule has 3 aromatic rings. The number of para-hydroxylation sites is 1. The maximum absolute atomic E-state index is 13.7. The molecule has 0 N–H and O–H groups in total. The van der Waals surface area contributed by atoms with Crippen LogP contribution in [0.3, 0.4) is 0 Å². The van der Waals surface area contributed by atoms with E-state index < -0.39 is 10.0 Å². The average Bonchev–Trinajstić information content (AvgIpc) is 3.49. The Balaban J connectivity index is 1.53. The first kappa shape index (κ1) is 29.7. The molecule has 2 atom stereocenters. The van der Waals surface area contributed by atoms with E-state index in [4.69, 9.17) is 17.3 Å². The van der Waals surface area contributed by atoms with Crippen molar-refractivity contribution in [1.82, 2.24) is 19.0 Å². The van der Waals surface area contributed by atoms with Crippen LogP contribution in [0.4, 0.5) is 0 Å². The van der Waals surface area contributed by atoms with Crippen LogP contribution in [0.25, 0.3) is 23.0 Å². The third-order valence-electron chi connectivity index (χ3n) is 7.49. The Labute approximate surface area is 252 Å². The largest absolute Gasteiger partial charge is 0.293 e. The summed E-state index contributed by atoms with van der Waals surface area (Å²) in [5.74, 6) is 0.523. The first-order chi connectivity index (χ1) is 19.7. The van der Waals surface area contributed by atoms with E-state index in [1.807, 2.05) is 48.7 Å². The van der Waals surface area contributed by atoms with E-state index in [9.17, 15) is 13.2 Å². The van der Waals surface area contributed by atoms with Crippen LogP contribution in [-0.4, -0.2) is 57.3 Å². The van der Waals surface area contributed by atoms with Crippen LogP contribution in [0.1, 0.15) is 52.0 Å². The molecule has 41 heavy (non-hydrogen) atoms. The van der Waals surface area contributed by atoms with Gasteiger partial charge in [-0.25, -0.2) is 13.1 Å². The molecule has 2 aromatic carbocycles. The standard InChI is InChI=1S/C31H36N4O3S3/c1-4-5-9-15-34-30(36)28(40-31(34)39)18-25-21-35(26-12-7-6-8-13-26)32-29(25)24-11-10-14-27(17-24)41(37,38)33-19-22(2)16-23(3)20-33/h6-8,10-14,17-18,21-23H,4-5,9,15-16,19-20H2,1-3H3. The van der Waals surface area contributed by atoms with Crippen LogP contribution in [-0.2, 0) is 14.8 Å². The van der Waals surface area contributed by atoms with Gasteiger partial charge in [0, 0.05) is 37.0 Å². The molecule has 2 aliphatic rings. The molecule has 2 saturated heterocycles. The molecule has 3 heterocycles. The third-order valence-corrected chi connectivity index (χ3v) is 10.7. The molecule has 2 fully saturated rings. The predicted octanol–water partition coefficient (Wildman–Crippen LogP) is 6.60. The number of nitrogens with zero attached hydrogens (tertiary/aromatic N) is 4. The van der Waals surface area contributed by atoms with Gasteiger partial charge in [0.05, 0.1) is 15.5 Å². The van der Waals surface area contributed by atoms with Crippen LogP contribution in [0.5, 0.6) is 0 Å². The van der Waals surface area contributed by atoms with Crippen LogP contribution >= 0.6 is 24.0 Å². The van der Waals surface area contributed by atoms with Gasteiger partial charge in [-0.2, -0.15) is 9.40 Å². The Morgan fingerprint density at radius 2 is 1.78 bits per heavy atom. The second-order valence-corrected chi connectivity index (χ2v) is 14.7. The number of carbonyl (C=O) groups is 1. The lowest BCUT2D eigenvalue weighted by molar-refractivity contribution is -0.122. The minimum absolute atomic E-state index is 0.0980. The maximum atomic E-state index is 13.7. The summed E-state index contributed by atoms with van der Waals surface area (Å²) >= 11 is 6.84. The number of benzene rings is 2. The fourth-order valence-electron chi connectivity index (χ4n) is 5.54. The molecule has 0 spiro atoms. The Bertz CT molecular complexity index is 1560. The third kappa shape index (κ3) is 6.51. The lowest BCUT2D eigenvalue weighted by Crippen LogP contribution is -2.42. The SMILES string of the molecule is CCCCCN1C(=O)C(=Cc2cn(-c3ccccc3)nc2-c2cccc(S(=O)(=O)N3CC(C)CC(C)C3)c2)SC1=S. The number of thiocarbonyl (C=S) groups is 1. The summed E-state index contributed by atoms with van der Waals surface area (Å²) in [6.45, 7) is 7.98. The molecule has 0 radical (unpaired) electrons. The molecule has 1 aromatic heterocycles. The molecular weight excluding hydrogens is 573 g/mol. The van der Waals surface area contributed by atoms with Crippen LogP contribution < -0.4 is 0 Å². The van der Waals surface area contributed by atoms with Gasteiger partial charge in [-0.3, -0.25) is 9.69 Å². The summed E-state index contributed by atoms with van der Waals surface area (Å²) in [5, 5.41) is 4.87. The van der Waals surface area contributed by atoms with Crippen molar-refractivity contribution in [2.75, 3.05) is 19.6 Å². The summed E-state index contributed by atoms with van der Waals surface area (Å²) in [6, 6.07) is 16.7. The molecule has 10 heteroatoms. The minimum Gasteiger partial charge on any atom is -0.293 e. The van der Waals surface area contributed by atoms with Gasteiger partial charge >= 0.3 is 0 Å². The van der Waals surface area contributed by atoms with Gasteiger partial charge in [0.15, 0.2) is 0 Å². The zero-order valence-corrected chi connectivity index (χ0v) is 26.1. The average molecular weight is 609 g/mol. The maximum Gasteiger partial charge on any atom is 0.266 e. The van der Waals surface area contributed by atoms with E-state index in [-0.39, 0.29) is 10.8 Å². The Morgan fingerprint density at radius 3 is 2.49 bits per heavy atom. The van der Waals surface area contributed by atoms with Crippen LogP contribution in [0.2, 0.25) is 0 Å². The number of rotatable bonds is 9. The fourth-order valence-corrected chi connectivity index (χ4v) is 8.56. The number of aromatic nitrogens is 2. The number of carbonyl (C=O) groups excluding carboxylic acids is 1. The number of unbranched alkanes of at least 4 members (excludes halogenated alkanes) is 2. The van der Waals surface area contributed by atoms with E-state index in [2.05, 4.69) is 20.8 Å². The van der Waals surface area contributed by atoms with Crippen molar-refractivity contribution in [2.45, 2.75) is 51.3 Å². The Hall–Kier alpha value is -2.79. The topological polar surface area (TPSA) is 75.5 Å². The molecule has 1 amide bonds. The molecule has 0 bridgehead atoms. The molecule has 2 aliphatic heterocycles. The van der Waals surface area contributed by atoms with Gasteiger partial charge in [-0.15, -0.1) is 0 Å². The van der Waals surface area contributed by atoms with Crippen molar-refractivity contribution in [3.05, 3.63) is 71.3 Å². The van der Waals surface area contributed by atoms with Crippen molar-refractivity contribution in [1.29, 1.82) is 0 Å². The fraction of sp³-hybridized carbons (Fsp3) is 0.387. The van der Waals surface area contributed by atoms with E-state index >= 15 is 0 Å². The minimum atomic E-state index is -3.67. The van der Waals surface area contributed by atoms with Gasteiger partial charge in [0.2, 0.25) is 10.0 Å². The van der Waals surface area contributed by atoms with Gasteiger partial charge in [0.1, 0.15) is 10.0 Å². The van der Waals surface area contributed by atoms with Gasteiger partial charge in [-0.05, 0) is 55.0 Å². The highest BCUT2D eigenvalue weighted by Gasteiger charge is 2.33. The molecular formula is C31H36N4O3S3. The van der Waals surface area contributed by atoms with Gasteiger partial charge in [-0.1, -0.05) is 87.9 Å². The molecule has 2 unspecified atom stereocenters. The highest BCUT2D eigenvalue weighted by atomic mass is 32.2. The first-order valence-corrected chi connectivity index (χ1v) is 16.8. The summed E-state index contributed by atoms with van der Waals surface area (Å²) in [6.07, 6.45) is 7.75. The van der Waals surface area contributed by atoms with Gasteiger partial charge in [0.25, 0.3) is 5.91 Å². The summed E-state index contributed by atoms with van der Waals surface area (Å²) in [7, 11) is -3.67. The van der Waals surface area contributed by atoms with Crippen molar-refractivity contribution >= 4 is 50.3 Å². The van der Waals surface area contributed by atoms with Crippen LogP contribution in [0.15, 0.2) is 70.6 Å². The summed E-state index contributed by atoms with van der Waals surface area (Å²) < 4.78 is 31.3. The monoisotopic (exact) mass is 608 g/mol. The van der Waals surface area contributed by atoms with E-state index in [0.29, 0.717) is 52.0 Å². The van der Waals surface area contributed by atoms with Crippen molar-refractivity contribution < 1.29 is 13.2 Å². The molecule has 5 rings (SSSR count). The molecule has 7 nitrogen and oxygen atoms in total. The molecule has 216 valence electrons. The highest BCUT2D eigenvalue weighted by Crippen LogP contribution is 2.36. The Morgan fingerprint density at radius 1 is 1.05 bits per heavy atom. The normalized spacial score (nSPS) is 21.2. The van der Waals surface area contributed by atoms with E-state index in [0.717, 1.165) is 36.9 Å². The second-order valence-electron chi connectivity index (χ2n) is 11.0. The number of amides is 1. The number of piperidine rings is 1. The number of hydrogen-bond donors (Lipinski definition) is 0.